The minimum atomic E-state index is -4.67. The molecule has 7 rings (SSSR count). The molecule has 1 aliphatic heterocycles. The van der Waals surface area contributed by atoms with Gasteiger partial charge >= 0.3 is 6.18 Å². The number of H-pyrrole nitrogens is 1. The third-order valence-corrected chi connectivity index (χ3v) is 7.41. The predicted molar refractivity (Wildman–Crippen MR) is 144 cm³/mol. The number of nitrogens with one attached hydrogen (secondary N) is 1. The number of hydrogen-bond acceptors (Lipinski definition) is 5. The van der Waals surface area contributed by atoms with Crippen molar-refractivity contribution in [3.8, 4) is 5.75 Å². The maximum absolute atomic E-state index is 15.0. The van der Waals surface area contributed by atoms with Gasteiger partial charge in [-0.2, -0.15) is 13.2 Å². The van der Waals surface area contributed by atoms with Gasteiger partial charge in [0.1, 0.15) is 11.3 Å². The second-order valence-electron chi connectivity index (χ2n) is 10.5. The summed E-state index contributed by atoms with van der Waals surface area (Å²) in [6.45, 7) is 5.35. The van der Waals surface area contributed by atoms with Gasteiger partial charge in [0.25, 0.3) is 0 Å². The topological polar surface area (TPSA) is 71.3 Å². The molecule has 0 fully saturated rings. The van der Waals surface area contributed by atoms with Gasteiger partial charge in [-0.25, -0.2) is 19.3 Å². The van der Waals surface area contributed by atoms with Crippen molar-refractivity contribution in [2.24, 2.45) is 5.92 Å². The quantitative estimate of drug-likeness (QED) is 0.197. The first-order valence-electron chi connectivity index (χ1n) is 13.0. The number of halogens is 4. The Kier molecular flexibility index (Phi) is 5.42. The van der Waals surface area contributed by atoms with Gasteiger partial charge in [-0.15, -0.1) is 0 Å². The molecule has 0 saturated carbocycles. The Morgan fingerprint density at radius 1 is 1.02 bits per heavy atom. The van der Waals surface area contributed by atoms with Crippen molar-refractivity contribution in [2.45, 2.75) is 33.0 Å². The second kappa shape index (κ2) is 8.80. The number of fused-ring (bicyclic) bond motifs is 10. The van der Waals surface area contributed by atoms with Crippen molar-refractivity contribution in [1.29, 1.82) is 0 Å². The van der Waals surface area contributed by atoms with Crippen LogP contribution >= 0.6 is 0 Å². The van der Waals surface area contributed by atoms with Crippen molar-refractivity contribution in [1.82, 2.24) is 24.6 Å². The fraction of sp³-hybridized carbons (Fsp3) is 0.276. The minimum absolute atomic E-state index is 0.106. The van der Waals surface area contributed by atoms with Crippen LogP contribution in [0, 0.1) is 11.7 Å². The van der Waals surface area contributed by atoms with Gasteiger partial charge in [-0.3, -0.25) is 9.61 Å². The van der Waals surface area contributed by atoms with Crippen molar-refractivity contribution >= 4 is 44.0 Å². The summed E-state index contributed by atoms with van der Waals surface area (Å²) < 4.78 is 62.6. The summed E-state index contributed by atoms with van der Waals surface area (Å²) in [4.78, 5) is 14.6. The Balaban J connectivity index is 1.48. The average Bonchev–Trinajstić information content (AvgIpc) is 3.55. The summed E-state index contributed by atoms with van der Waals surface area (Å²) in [5.74, 6) is -0.0673. The standard InChI is InChI=1S/C29H24F4N6O/c1-15(2)14-40-23-5-3-4-17-19-12-35-27-18(6-8-34-27)24(19)26-20-13-38(9-7-22(20)37-39(26)25(17)23)28-21(30)10-16(11-36-28)29(31,32)33/h3-6,8,10-12,15,37H,7,9,13-14H2,1-2H3. The molecule has 7 nitrogen and oxygen atoms in total. The fourth-order valence-corrected chi connectivity index (χ4v) is 5.62. The van der Waals surface area contributed by atoms with Gasteiger partial charge in [-0.05, 0) is 24.1 Å². The molecule has 1 N–H and O–H groups in total. The normalized spacial score (nSPS) is 14.2. The van der Waals surface area contributed by atoms with E-state index in [4.69, 9.17) is 4.74 Å². The number of benzene rings is 1. The van der Waals surface area contributed by atoms with Crippen LogP contribution < -0.4 is 9.64 Å². The Morgan fingerprint density at radius 3 is 2.65 bits per heavy atom. The molecule has 0 aliphatic carbocycles. The first kappa shape index (κ1) is 24.6. The molecule has 0 amide bonds. The number of nitrogens with zero attached hydrogens (tertiary/aromatic N) is 5. The molecule has 0 spiro atoms. The molecule has 0 radical (unpaired) electrons. The molecular weight excluding hydrogens is 524 g/mol. The van der Waals surface area contributed by atoms with Crippen LogP contribution in [0.2, 0.25) is 0 Å². The molecule has 40 heavy (non-hydrogen) atoms. The summed E-state index contributed by atoms with van der Waals surface area (Å²) >= 11 is 0. The van der Waals surface area contributed by atoms with Gasteiger partial charge < -0.3 is 9.64 Å². The van der Waals surface area contributed by atoms with Crippen molar-refractivity contribution in [3.63, 3.8) is 0 Å². The lowest BCUT2D eigenvalue weighted by Gasteiger charge is -2.28. The van der Waals surface area contributed by atoms with E-state index in [2.05, 4.69) is 33.9 Å². The summed E-state index contributed by atoms with van der Waals surface area (Å²) in [6.07, 6.45) is 0.0645. The third kappa shape index (κ3) is 3.75. The highest BCUT2D eigenvalue weighted by Gasteiger charge is 2.33. The van der Waals surface area contributed by atoms with Crippen LogP contribution in [0.25, 0.3) is 38.2 Å². The van der Waals surface area contributed by atoms with Crippen LogP contribution in [0.4, 0.5) is 23.4 Å². The zero-order valence-electron chi connectivity index (χ0n) is 21.7. The Bertz CT molecular complexity index is 1940. The average molecular weight is 549 g/mol. The van der Waals surface area contributed by atoms with E-state index in [0.29, 0.717) is 43.4 Å². The van der Waals surface area contributed by atoms with E-state index in [0.717, 1.165) is 49.6 Å². The molecule has 1 aromatic carbocycles. The number of para-hydroxylation sites is 1. The smallest absolute Gasteiger partial charge is 0.417 e. The summed E-state index contributed by atoms with van der Waals surface area (Å²) in [6, 6.07) is 8.36. The minimum Gasteiger partial charge on any atom is -0.491 e. The second-order valence-corrected chi connectivity index (χ2v) is 10.5. The van der Waals surface area contributed by atoms with E-state index in [-0.39, 0.29) is 12.4 Å². The number of rotatable bonds is 4. The zero-order valence-corrected chi connectivity index (χ0v) is 21.7. The Hall–Kier alpha value is -4.41. The highest BCUT2D eigenvalue weighted by atomic mass is 19.4. The largest absolute Gasteiger partial charge is 0.491 e. The zero-order chi connectivity index (χ0) is 27.8. The molecule has 5 aromatic heterocycles. The van der Waals surface area contributed by atoms with Crippen LogP contribution in [0.15, 0.2) is 48.9 Å². The molecule has 0 saturated heterocycles. The highest BCUT2D eigenvalue weighted by molar-refractivity contribution is 6.22. The van der Waals surface area contributed by atoms with Gasteiger partial charge in [0, 0.05) is 70.9 Å². The fourth-order valence-electron chi connectivity index (χ4n) is 5.62. The van der Waals surface area contributed by atoms with Crippen molar-refractivity contribution in [2.75, 3.05) is 18.1 Å². The van der Waals surface area contributed by atoms with E-state index in [1.165, 1.54) is 0 Å². The summed E-state index contributed by atoms with van der Waals surface area (Å²) in [5.41, 5.74) is 3.09. The predicted octanol–water partition coefficient (Wildman–Crippen LogP) is 6.67. The lowest BCUT2D eigenvalue weighted by atomic mass is 9.99. The third-order valence-electron chi connectivity index (χ3n) is 7.41. The molecule has 1 aliphatic rings. The van der Waals surface area contributed by atoms with E-state index in [1.807, 2.05) is 35.0 Å². The number of pyridine rings is 3. The number of anilines is 1. The molecule has 6 heterocycles. The van der Waals surface area contributed by atoms with Crippen molar-refractivity contribution in [3.05, 3.63) is 71.6 Å². The number of aromatic nitrogens is 5. The van der Waals surface area contributed by atoms with Crippen LogP contribution in [0.3, 0.4) is 0 Å². The van der Waals surface area contributed by atoms with E-state index < -0.39 is 17.6 Å². The Labute approximate surface area is 225 Å². The van der Waals surface area contributed by atoms with Crippen LogP contribution in [-0.2, 0) is 19.1 Å². The van der Waals surface area contributed by atoms with Crippen LogP contribution in [-0.4, -0.2) is 37.7 Å². The number of ether oxygens (including phenoxy) is 1. The monoisotopic (exact) mass is 548 g/mol. The first-order chi connectivity index (χ1) is 19.2. The molecule has 0 unspecified atom stereocenters. The van der Waals surface area contributed by atoms with Crippen LogP contribution in [0.5, 0.6) is 5.75 Å². The maximum Gasteiger partial charge on any atom is 0.417 e. The highest BCUT2D eigenvalue weighted by Crippen LogP contribution is 2.41. The first-order valence-corrected chi connectivity index (χ1v) is 13.0. The number of aromatic amines is 1. The molecular formula is C29H24F4N6O. The van der Waals surface area contributed by atoms with Crippen molar-refractivity contribution < 1.29 is 22.3 Å². The summed E-state index contributed by atoms with van der Waals surface area (Å²) in [5, 5.41) is 7.25. The maximum atomic E-state index is 15.0. The van der Waals surface area contributed by atoms with Gasteiger partial charge in [-0.1, -0.05) is 26.0 Å². The van der Waals surface area contributed by atoms with E-state index in [9.17, 15) is 17.6 Å². The van der Waals surface area contributed by atoms with E-state index in [1.54, 1.807) is 11.1 Å². The van der Waals surface area contributed by atoms with E-state index >= 15 is 0 Å². The lowest BCUT2D eigenvalue weighted by Crippen LogP contribution is -2.31. The summed E-state index contributed by atoms with van der Waals surface area (Å²) in [7, 11) is 0. The lowest BCUT2D eigenvalue weighted by molar-refractivity contribution is -0.138. The molecule has 0 bridgehead atoms. The van der Waals surface area contributed by atoms with Gasteiger partial charge in [0.15, 0.2) is 17.3 Å². The SMILES string of the molecule is CC(C)COc1cccc2c3cnc4nccc4c3c3c4c([nH]n3c12)CCN(c1ncc(C(F)(F)F)cc1F)C4. The van der Waals surface area contributed by atoms with Gasteiger partial charge in [0.2, 0.25) is 0 Å². The number of alkyl halides is 3. The molecule has 204 valence electrons. The number of hydrogen-bond donors (Lipinski definition) is 1. The van der Waals surface area contributed by atoms with Crippen LogP contribution in [0.1, 0.15) is 30.7 Å². The molecule has 6 aromatic rings. The Morgan fingerprint density at radius 2 is 1.88 bits per heavy atom. The molecule has 0 atom stereocenters. The molecule has 11 heteroatoms. The van der Waals surface area contributed by atoms with Gasteiger partial charge in [0.05, 0.1) is 17.7 Å².